The third kappa shape index (κ3) is 8.14. The van der Waals surface area contributed by atoms with E-state index in [-0.39, 0.29) is 5.75 Å². The third-order valence-corrected chi connectivity index (χ3v) is 4.14. The molecule has 0 radical (unpaired) electrons. The molecule has 1 rings (SSSR count). The highest BCUT2D eigenvalue weighted by atomic mass is 32.2. The van der Waals surface area contributed by atoms with Crippen LogP contribution >= 0.6 is 0 Å². The highest BCUT2D eigenvalue weighted by Crippen LogP contribution is 2.08. The number of hydrogen-bond acceptors (Lipinski definition) is 4. The molecule has 0 heterocycles. The van der Waals surface area contributed by atoms with Crippen molar-refractivity contribution in [3.63, 3.8) is 0 Å². The van der Waals surface area contributed by atoms with Gasteiger partial charge in [-0.3, -0.25) is 0 Å². The highest BCUT2D eigenvalue weighted by molar-refractivity contribution is 7.89. The largest absolute Gasteiger partial charge is 0.494 e. The van der Waals surface area contributed by atoms with Crippen molar-refractivity contribution >= 4 is 10.0 Å². The van der Waals surface area contributed by atoms with Gasteiger partial charge in [0, 0.05) is 6.54 Å². The van der Waals surface area contributed by atoms with Crippen LogP contribution in [0.2, 0.25) is 0 Å². The Morgan fingerprint density at radius 2 is 1.85 bits per heavy atom. The van der Waals surface area contributed by atoms with Gasteiger partial charge in [0.2, 0.25) is 10.0 Å². The van der Waals surface area contributed by atoms with Crippen LogP contribution < -0.4 is 14.8 Å². The molecular weight excluding hydrogens is 276 g/mol. The van der Waals surface area contributed by atoms with E-state index in [1.807, 2.05) is 37.3 Å². The Morgan fingerprint density at radius 3 is 2.55 bits per heavy atom. The van der Waals surface area contributed by atoms with E-state index in [9.17, 15) is 8.42 Å². The summed E-state index contributed by atoms with van der Waals surface area (Å²) in [6, 6.07) is 9.49. The average molecular weight is 300 g/mol. The predicted octanol–water partition coefficient (Wildman–Crippen LogP) is 1.37. The molecule has 0 aliphatic heterocycles. The number of hydrogen-bond donors (Lipinski definition) is 2. The predicted molar refractivity (Wildman–Crippen MR) is 81.5 cm³/mol. The Kier molecular flexibility index (Phi) is 8.25. The van der Waals surface area contributed by atoms with E-state index in [2.05, 4.69) is 10.0 Å². The molecule has 0 bridgehead atoms. The molecule has 0 unspecified atom stereocenters. The average Bonchev–Trinajstić information content (AvgIpc) is 2.44. The Labute approximate surface area is 121 Å². The number of nitrogens with one attached hydrogen (secondary N) is 2. The van der Waals surface area contributed by atoms with Gasteiger partial charge in [-0.1, -0.05) is 25.1 Å². The lowest BCUT2D eigenvalue weighted by atomic mass is 10.3. The molecule has 0 atom stereocenters. The normalized spacial score (nSPS) is 11.4. The van der Waals surface area contributed by atoms with Crippen molar-refractivity contribution in [3.8, 4) is 5.75 Å². The van der Waals surface area contributed by atoms with E-state index >= 15 is 0 Å². The topological polar surface area (TPSA) is 67.4 Å². The van der Waals surface area contributed by atoms with E-state index < -0.39 is 10.0 Å². The second-order valence-corrected chi connectivity index (χ2v) is 6.36. The summed E-state index contributed by atoms with van der Waals surface area (Å²) in [6.45, 7) is 4.51. The molecule has 0 spiro atoms. The van der Waals surface area contributed by atoms with E-state index in [0.29, 0.717) is 26.0 Å². The molecule has 0 fully saturated rings. The first-order valence-corrected chi connectivity index (χ1v) is 8.65. The lowest BCUT2D eigenvalue weighted by Crippen LogP contribution is -2.29. The van der Waals surface area contributed by atoms with Crippen molar-refractivity contribution in [2.45, 2.75) is 19.8 Å². The summed E-state index contributed by atoms with van der Waals surface area (Å²) >= 11 is 0. The first kappa shape index (κ1) is 16.9. The summed E-state index contributed by atoms with van der Waals surface area (Å²) in [6.07, 6.45) is 1.28. The van der Waals surface area contributed by atoms with Crippen LogP contribution in [-0.4, -0.2) is 40.4 Å². The SMILES string of the molecule is CCNCCCS(=O)(=O)NCCCOc1ccccc1. The van der Waals surface area contributed by atoms with Gasteiger partial charge < -0.3 is 10.1 Å². The zero-order valence-electron chi connectivity index (χ0n) is 12.0. The maximum Gasteiger partial charge on any atom is 0.211 e. The summed E-state index contributed by atoms with van der Waals surface area (Å²) in [4.78, 5) is 0. The summed E-state index contributed by atoms with van der Waals surface area (Å²) in [5.41, 5.74) is 0. The zero-order valence-corrected chi connectivity index (χ0v) is 12.8. The van der Waals surface area contributed by atoms with E-state index in [1.54, 1.807) is 0 Å². The van der Waals surface area contributed by atoms with Crippen molar-refractivity contribution in [1.29, 1.82) is 0 Å². The van der Waals surface area contributed by atoms with Crippen LogP contribution in [0.25, 0.3) is 0 Å². The monoisotopic (exact) mass is 300 g/mol. The van der Waals surface area contributed by atoms with Gasteiger partial charge in [0.1, 0.15) is 5.75 Å². The molecule has 1 aromatic carbocycles. The van der Waals surface area contributed by atoms with Gasteiger partial charge in [-0.05, 0) is 38.1 Å². The van der Waals surface area contributed by atoms with E-state index in [0.717, 1.165) is 18.8 Å². The molecule has 5 nitrogen and oxygen atoms in total. The fourth-order valence-corrected chi connectivity index (χ4v) is 2.77. The molecule has 2 N–H and O–H groups in total. The molecule has 0 saturated carbocycles. The van der Waals surface area contributed by atoms with Gasteiger partial charge in [0.25, 0.3) is 0 Å². The van der Waals surface area contributed by atoms with Crippen LogP contribution in [0, 0.1) is 0 Å². The first-order chi connectivity index (χ1) is 9.64. The lowest BCUT2D eigenvalue weighted by molar-refractivity contribution is 0.311. The minimum atomic E-state index is -3.15. The maximum atomic E-state index is 11.6. The van der Waals surface area contributed by atoms with Gasteiger partial charge in [0.05, 0.1) is 12.4 Å². The van der Waals surface area contributed by atoms with Crippen LogP contribution in [0.5, 0.6) is 5.75 Å². The lowest BCUT2D eigenvalue weighted by Gasteiger charge is -2.08. The van der Waals surface area contributed by atoms with Crippen LogP contribution in [0.4, 0.5) is 0 Å². The molecule has 0 aliphatic rings. The minimum absolute atomic E-state index is 0.166. The maximum absolute atomic E-state index is 11.6. The Bertz CT molecular complexity index is 449. The summed E-state index contributed by atoms with van der Waals surface area (Å²) < 4.78 is 31.4. The van der Waals surface area contributed by atoms with Crippen molar-refractivity contribution < 1.29 is 13.2 Å². The van der Waals surface area contributed by atoms with Crippen molar-refractivity contribution in [1.82, 2.24) is 10.0 Å². The zero-order chi connectivity index (χ0) is 14.7. The molecule has 0 aliphatic carbocycles. The van der Waals surface area contributed by atoms with Crippen molar-refractivity contribution in [2.24, 2.45) is 0 Å². The van der Waals surface area contributed by atoms with Crippen LogP contribution in [0.3, 0.4) is 0 Å². The highest BCUT2D eigenvalue weighted by Gasteiger charge is 2.08. The number of rotatable bonds is 11. The molecule has 1 aromatic rings. The Balaban J connectivity index is 2.07. The fraction of sp³-hybridized carbons (Fsp3) is 0.571. The van der Waals surface area contributed by atoms with Crippen LogP contribution in [0.1, 0.15) is 19.8 Å². The summed E-state index contributed by atoms with van der Waals surface area (Å²) in [5.74, 6) is 0.973. The van der Waals surface area contributed by atoms with Gasteiger partial charge in [-0.15, -0.1) is 0 Å². The minimum Gasteiger partial charge on any atom is -0.494 e. The second kappa shape index (κ2) is 9.74. The first-order valence-electron chi connectivity index (χ1n) is 7.00. The molecule has 6 heteroatoms. The van der Waals surface area contributed by atoms with Gasteiger partial charge in [-0.25, -0.2) is 13.1 Å². The van der Waals surface area contributed by atoms with Gasteiger partial charge >= 0.3 is 0 Å². The Hall–Kier alpha value is -1.11. The second-order valence-electron chi connectivity index (χ2n) is 4.44. The smallest absolute Gasteiger partial charge is 0.211 e. The van der Waals surface area contributed by atoms with E-state index in [4.69, 9.17) is 4.74 Å². The quantitative estimate of drug-likeness (QED) is 0.606. The molecule has 0 amide bonds. The molecular formula is C14H24N2O3S. The molecule has 0 saturated heterocycles. The van der Waals surface area contributed by atoms with E-state index in [1.165, 1.54) is 0 Å². The standard InChI is InChI=1S/C14H24N2O3S/c1-2-15-10-7-13-20(17,18)16-11-6-12-19-14-8-4-3-5-9-14/h3-5,8-9,15-16H,2,6-7,10-13H2,1H3. The molecule has 114 valence electrons. The van der Waals surface area contributed by atoms with Crippen molar-refractivity contribution in [3.05, 3.63) is 30.3 Å². The van der Waals surface area contributed by atoms with Gasteiger partial charge in [0.15, 0.2) is 0 Å². The molecule has 20 heavy (non-hydrogen) atoms. The van der Waals surface area contributed by atoms with Gasteiger partial charge in [-0.2, -0.15) is 0 Å². The molecule has 0 aromatic heterocycles. The Morgan fingerprint density at radius 1 is 1.10 bits per heavy atom. The number of ether oxygens (including phenoxy) is 1. The van der Waals surface area contributed by atoms with Crippen LogP contribution in [0.15, 0.2) is 30.3 Å². The fourth-order valence-electron chi connectivity index (χ4n) is 1.64. The summed E-state index contributed by atoms with van der Waals surface area (Å²) in [7, 11) is -3.15. The summed E-state index contributed by atoms with van der Waals surface area (Å²) in [5, 5.41) is 3.10. The number of benzene rings is 1. The van der Waals surface area contributed by atoms with Crippen molar-refractivity contribution in [2.75, 3.05) is 32.0 Å². The van der Waals surface area contributed by atoms with Crippen LogP contribution in [-0.2, 0) is 10.0 Å². The number of para-hydroxylation sites is 1. The third-order valence-electron chi connectivity index (χ3n) is 2.67. The number of sulfonamides is 1.